The fraction of sp³-hybridized carbons (Fsp3) is 0.353. The van der Waals surface area contributed by atoms with Gasteiger partial charge in [-0.2, -0.15) is 0 Å². The Morgan fingerprint density at radius 1 is 1.00 bits per heavy atom. The van der Waals surface area contributed by atoms with Crippen LogP contribution in [0.25, 0.3) is 27.5 Å². The van der Waals surface area contributed by atoms with Crippen LogP contribution in [0, 0.1) is 10.8 Å². The van der Waals surface area contributed by atoms with Crippen LogP contribution in [0.4, 0.5) is 11.5 Å². The summed E-state index contributed by atoms with van der Waals surface area (Å²) >= 11 is 7.32. The van der Waals surface area contributed by atoms with Crippen LogP contribution in [0.1, 0.15) is 58.7 Å². The van der Waals surface area contributed by atoms with E-state index in [1.165, 1.54) is 18.8 Å². The fourth-order valence-electron chi connectivity index (χ4n) is 7.99. The number of nitrogens with zero attached hydrogens (tertiary/aromatic N) is 4. The first kappa shape index (κ1) is 27.7. The number of hydrogen-bond donors (Lipinski definition) is 2. The van der Waals surface area contributed by atoms with E-state index in [4.69, 9.17) is 11.6 Å². The number of halogens is 1. The number of para-hydroxylation sites is 1. The molecule has 2 bridgehead atoms. The predicted molar refractivity (Wildman–Crippen MR) is 174 cm³/mol. The van der Waals surface area contributed by atoms with Crippen molar-refractivity contribution in [1.29, 1.82) is 0 Å². The molecule has 1 aliphatic carbocycles. The van der Waals surface area contributed by atoms with E-state index in [1.54, 1.807) is 10.8 Å². The van der Waals surface area contributed by atoms with Crippen molar-refractivity contribution >= 4 is 44.9 Å². The maximum Gasteiger partial charge on any atom is 0.265 e. The first-order chi connectivity index (χ1) is 20.6. The first-order valence-corrected chi connectivity index (χ1v) is 15.2. The molecule has 0 spiro atoms. The Hall–Kier alpha value is -4.17. The highest BCUT2D eigenvalue weighted by Crippen LogP contribution is 2.54. The molecule has 5 aromatic rings. The highest BCUT2D eigenvalue weighted by Gasteiger charge is 2.50. The van der Waals surface area contributed by atoms with Crippen molar-refractivity contribution < 1.29 is 0 Å². The maximum atomic E-state index is 14.8. The molecule has 2 aliphatic rings. The zero-order valence-corrected chi connectivity index (χ0v) is 25.6. The third kappa shape index (κ3) is 4.59. The van der Waals surface area contributed by atoms with Gasteiger partial charge >= 0.3 is 0 Å². The van der Waals surface area contributed by atoms with Crippen LogP contribution in [-0.4, -0.2) is 32.1 Å². The van der Waals surface area contributed by atoms with Crippen LogP contribution in [0.5, 0.6) is 0 Å². The van der Waals surface area contributed by atoms with Gasteiger partial charge in [0, 0.05) is 35.9 Å². The number of benzene rings is 2. The maximum absolute atomic E-state index is 14.8. The summed E-state index contributed by atoms with van der Waals surface area (Å²) in [5, 5.41) is 5.56. The number of H-pyrrole nitrogens is 1. The molecule has 4 heterocycles. The lowest BCUT2D eigenvalue weighted by atomic mass is 9.65. The summed E-state index contributed by atoms with van der Waals surface area (Å²) in [6.07, 6.45) is 6.34. The van der Waals surface area contributed by atoms with Crippen molar-refractivity contribution in [3.8, 4) is 5.69 Å². The van der Waals surface area contributed by atoms with Gasteiger partial charge in [-0.3, -0.25) is 14.2 Å². The van der Waals surface area contributed by atoms with Gasteiger partial charge in [0.15, 0.2) is 5.43 Å². The molecule has 0 unspecified atom stereocenters. The zero-order chi connectivity index (χ0) is 30.1. The smallest absolute Gasteiger partial charge is 0.265 e. The second kappa shape index (κ2) is 9.95. The van der Waals surface area contributed by atoms with E-state index in [0.29, 0.717) is 44.7 Å². The highest BCUT2D eigenvalue weighted by molar-refractivity contribution is 6.36. The van der Waals surface area contributed by atoms with Gasteiger partial charge in [-0.15, -0.1) is 0 Å². The van der Waals surface area contributed by atoms with Gasteiger partial charge in [0.1, 0.15) is 23.2 Å². The molecule has 3 aromatic heterocycles. The van der Waals surface area contributed by atoms with Crippen LogP contribution in [0.3, 0.4) is 0 Å². The van der Waals surface area contributed by atoms with Crippen molar-refractivity contribution in [2.24, 2.45) is 10.8 Å². The molecule has 1 saturated carbocycles. The Kier molecular flexibility index (Phi) is 6.40. The first-order valence-electron chi connectivity index (χ1n) is 14.8. The van der Waals surface area contributed by atoms with E-state index in [9.17, 15) is 9.59 Å². The summed E-state index contributed by atoms with van der Waals surface area (Å²) in [5.41, 5.74) is 2.81. The number of anilines is 2. The number of aromatic amines is 1. The van der Waals surface area contributed by atoms with Gasteiger partial charge in [-0.05, 0) is 55.2 Å². The molecule has 7 rings (SSSR count). The topological polar surface area (TPSA) is 95.9 Å². The third-order valence-corrected chi connectivity index (χ3v) is 9.61. The number of hydrogen-bond acceptors (Lipinski definition) is 6. The third-order valence-electron chi connectivity index (χ3n) is 9.21. The molecule has 3 atom stereocenters. The summed E-state index contributed by atoms with van der Waals surface area (Å²) in [6.45, 7) is 9.94. The molecular weight excluding hydrogens is 560 g/mol. The number of pyridine rings is 2. The normalized spacial score (nSPS) is 21.8. The summed E-state index contributed by atoms with van der Waals surface area (Å²) in [5.74, 6) is 0.372. The largest absolute Gasteiger partial charge is 0.367 e. The second-order valence-electron chi connectivity index (χ2n) is 13.4. The van der Waals surface area contributed by atoms with E-state index < -0.39 is 6.04 Å². The summed E-state index contributed by atoms with van der Waals surface area (Å²) in [6, 6.07) is 16.9. The lowest BCUT2D eigenvalue weighted by molar-refractivity contribution is 0.136. The number of fused-ring (bicyclic) bond motifs is 4. The summed E-state index contributed by atoms with van der Waals surface area (Å²) < 4.78 is 1.72. The SMILES string of the molecule is C[C@H](Nc1ncnc2[nH]ccc(=O)c12)c1c(Cl)c2cccc(N3C[C@]4(C)C[C@H]3CC(C)(C)C4)c2c(=O)n1-c1ccccc1. The molecule has 1 saturated heterocycles. The van der Waals surface area contributed by atoms with Gasteiger partial charge in [0.2, 0.25) is 0 Å². The molecule has 2 N–H and O–H groups in total. The van der Waals surface area contributed by atoms with Crippen LogP contribution in [-0.2, 0) is 0 Å². The standard InChI is InChI=1S/C34H35ClN6O2/c1-20(39-31-27-25(42)13-14-36-30(27)37-19-38-31)29-28(35)23-11-8-12-24(26(23)32(43)41(29)21-9-6-5-7-10-21)40-18-34(4)16-22(40)15-33(2,3)17-34/h5-14,19-20,22H,15-18H2,1-4H3,(H2,36,37,38,39,42)/t20-,22+,34+/m0/s1. The van der Waals surface area contributed by atoms with Crippen LogP contribution in [0.2, 0.25) is 5.02 Å². The van der Waals surface area contributed by atoms with Crippen LogP contribution in [0.15, 0.2) is 76.7 Å². The Labute approximate surface area is 254 Å². The molecule has 220 valence electrons. The molecule has 2 aromatic carbocycles. The lowest BCUT2D eigenvalue weighted by Crippen LogP contribution is -2.35. The second-order valence-corrected chi connectivity index (χ2v) is 13.7. The van der Waals surface area contributed by atoms with E-state index in [2.05, 4.69) is 52.0 Å². The fourth-order valence-corrected chi connectivity index (χ4v) is 8.40. The molecule has 8 nitrogen and oxygen atoms in total. The number of aromatic nitrogens is 4. The lowest BCUT2D eigenvalue weighted by Gasteiger charge is -2.39. The van der Waals surface area contributed by atoms with E-state index in [-0.39, 0.29) is 21.8 Å². The molecule has 9 heteroatoms. The summed E-state index contributed by atoms with van der Waals surface area (Å²) in [4.78, 5) is 41.6. The molecule has 43 heavy (non-hydrogen) atoms. The highest BCUT2D eigenvalue weighted by atomic mass is 35.5. The molecular formula is C34H35ClN6O2. The van der Waals surface area contributed by atoms with Crippen LogP contribution < -0.4 is 21.2 Å². The van der Waals surface area contributed by atoms with Crippen molar-refractivity contribution in [2.75, 3.05) is 16.8 Å². The minimum Gasteiger partial charge on any atom is -0.367 e. The monoisotopic (exact) mass is 594 g/mol. The van der Waals surface area contributed by atoms with E-state index in [0.717, 1.165) is 30.5 Å². The Morgan fingerprint density at radius 2 is 1.79 bits per heavy atom. The molecule has 0 radical (unpaired) electrons. The average molecular weight is 595 g/mol. The quantitative estimate of drug-likeness (QED) is 0.231. The van der Waals surface area contributed by atoms with Gasteiger partial charge in [0.05, 0.1) is 27.8 Å². The summed E-state index contributed by atoms with van der Waals surface area (Å²) in [7, 11) is 0. The van der Waals surface area contributed by atoms with Gasteiger partial charge in [-0.1, -0.05) is 62.7 Å². The predicted octanol–water partition coefficient (Wildman–Crippen LogP) is 6.85. The molecule has 1 aliphatic heterocycles. The van der Waals surface area contributed by atoms with E-state index >= 15 is 0 Å². The van der Waals surface area contributed by atoms with Gasteiger partial charge in [0.25, 0.3) is 5.56 Å². The van der Waals surface area contributed by atoms with Gasteiger partial charge in [-0.25, -0.2) is 9.97 Å². The number of rotatable bonds is 5. The van der Waals surface area contributed by atoms with Crippen molar-refractivity contribution in [3.63, 3.8) is 0 Å². The van der Waals surface area contributed by atoms with E-state index in [1.807, 2.05) is 49.4 Å². The zero-order valence-electron chi connectivity index (χ0n) is 24.8. The minimum atomic E-state index is -0.489. The molecule has 2 fully saturated rings. The Bertz CT molecular complexity index is 2000. The van der Waals surface area contributed by atoms with Crippen molar-refractivity contribution in [3.05, 3.63) is 98.4 Å². The van der Waals surface area contributed by atoms with Gasteiger partial charge < -0.3 is 15.2 Å². The number of nitrogens with one attached hydrogen (secondary N) is 2. The van der Waals surface area contributed by atoms with Crippen LogP contribution >= 0.6 is 11.6 Å². The average Bonchev–Trinajstić information content (AvgIpc) is 3.23. The Morgan fingerprint density at radius 3 is 2.58 bits per heavy atom. The minimum absolute atomic E-state index is 0.124. The Balaban J connectivity index is 1.43. The van der Waals surface area contributed by atoms with Crippen molar-refractivity contribution in [1.82, 2.24) is 19.5 Å². The van der Waals surface area contributed by atoms with Crippen molar-refractivity contribution in [2.45, 2.75) is 59.0 Å². The molecule has 0 amide bonds.